The molecule has 0 heterocycles. The highest BCUT2D eigenvalue weighted by molar-refractivity contribution is 5.40. The second-order valence-corrected chi connectivity index (χ2v) is 4.24. The van der Waals surface area contributed by atoms with Crippen LogP contribution in [0.1, 0.15) is 38.2 Å². The van der Waals surface area contributed by atoms with Crippen molar-refractivity contribution in [3.63, 3.8) is 0 Å². The molecule has 4 heteroatoms. The Bertz CT molecular complexity index is 365. The first-order chi connectivity index (χ1) is 8.15. The van der Waals surface area contributed by atoms with Gasteiger partial charge in [0.05, 0.1) is 11.0 Å². The molecule has 1 aromatic rings. The van der Waals surface area contributed by atoms with E-state index in [1.165, 1.54) is 6.07 Å². The Morgan fingerprint density at radius 2 is 2.06 bits per heavy atom. The Morgan fingerprint density at radius 3 is 2.71 bits per heavy atom. The molecule has 0 saturated heterocycles. The van der Waals surface area contributed by atoms with Gasteiger partial charge in [-0.1, -0.05) is 44.4 Å². The molecule has 1 atom stereocenters. The monoisotopic (exact) mass is 237 g/mol. The maximum atomic E-state index is 10.8. The molecule has 0 spiro atoms. The number of hydrogen-bond donors (Lipinski definition) is 1. The molecule has 0 saturated carbocycles. The van der Waals surface area contributed by atoms with Crippen LogP contribution in [0.25, 0.3) is 0 Å². The second kappa shape index (κ2) is 7.01. The van der Waals surface area contributed by atoms with Gasteiger partial charge in [-0.25, -0.2) is 0 Å². The molecule has 1 aromatic carbocycles. The van der Waals surface area contributed by atoms with Crippen LogP contribution in [0.2, 0.25) is 0 Å². The average Bonchev–Trinajstić information content (AvgIpc) is 2.29. The number of unbranched alkanes of at least 4 members (excludes halogenated alkanes) is 2. The fraction of sp³-hybridized carbons (Fsp3) is 0.538. The quantitative estimate of drug-likeness (QED) is 0.450. The molecular formula is C13H19NO3. The van der Waals surface area contributed by atoms with Crippen molar-refractivity contribution in [3.8, 4) is 0 Å². The van der Waals surface area contributed by atoms with Gasteiger partial charge in [0.2, 0.25) is 0 Å². The van der Waals surface area contributed by atoms with Crippen LogP contribution in [0.4, 0.5) is 5.69 Å². The van der Waals surface area contributed by atoms with E-state index in [4.69, 9.17) is 0 Å². The van der Waals surface area contributed by atoms with E-state index in [1.807, 2.05) is 0 Å². The normalized spacial score (nSPS) is 12.4. The molecule has 0 aliphatic carbocycles. The Labute approximate surface area is 101 Å². The van der Waals surface area contributed by atoms with Gasteiger partial charge in [0.15, 0.2) is 0 Å². The van der Waals surface area contributed by atoms with Crippen molar-refractivity contribution in [1.82, 2.24) is 0 Å². The first-order valence-electron chi connectivity index (χ1n) is 6.05. The van der Waals surface area contributed by atoms with Crippen LogP contribution in [-0.4, -0.2) is 16.1 Å². The van der Waals surface area contributed by atoms with Gasteiger partial charge in [-0.3, -0.25) is 10.1 Å². The molecule has 0 fully saturated rings. The zero-order valence-electron chi connectivity index (χ0n) is 10.1. The van der Waals surface area contributed by atoms with Crippen LogP contribution in [0, 0.1) is 10.1 Å². The molecule has 1 unspecified atom stereocenters. The molecule has 0 amide bonds. The van der Waals surface area contributed by atoms with Gasteiger partial charge in [-0.05, 0) is 6.42 Å². The van der Waals surface area contributed by atoms with E-state index in [0.29, 0.717) is 18.4 Å². The van der Waals surface area contributed by atoms with Crippen molar-refractivity contribution in [2.24, 2.45) is 0 Å². The first-order valence-corrected chi connectivity index (χ1v) is 6.05. The lowest BCUT2D eigenvalue weighted by Crippen LogP contribution is -2.11. The standard InChI is InChI=1S/C13H19NO3/c1-2-3-4-8-12(15)10-11-7-5-6-9-13(11)14(16)17/h5-7,9,12,15H,2-4,8,10H2,1H3. The number of aliphatic hydroxyl groups is 1. The Hall–Kier alpha value is -1.42. The zero-order valence-corrected chi connectivity index (χ0v) is 10.1. The molecule has 0 aliphatic heterocycles. The minimum absolute atomic E-state index is 0.0991. The van der Waals surface area contributed by atoms with Crippen LogP contribution >= 0.6 is 0 Å². The van der Waals surface area contributed by atoms with Gasteiger partial charge in [-0.2, -0.15) is 0 Å². The maximum absolute atomic E-state index is 10.8. The van der Waals surface area contributed by atoms with Crippen molar-refractivity contribution in [2.75, 3.05) is 0 Å². The van der Waals surface area contributed by atoms with Crippen LogP contribution in [0.3, 0.4) is 0 Å². The Balaban J connectivity index is 2.58. The smallest absolute Gasteiger partial charge is 0.272 e. The van der Waals surface area contributed by atoms with Gasteiger partial charge in [-0.15, -0.1) is 0 Å². The Morgan fingerprint density at radius 1 is 1.35 bits per heavy atom. The van der Waals surface area contributed by atoms with Crippen LogP contribution < -0.4 is 0 Å². The second-order valence-electron chi connectivity index (χ2n) is 4.24. The van der Waals surface area contributed by atoms with Gasteiger partial charge < -0.3 is 5.11 Å². The molecule has 1 rings (SSSR count). The van der Waals surface area contributed by atoms with E-state index >= 15 is 0 Å². The summed E-state index contributed by atoms with van der Waals surface area (Å²) in [5.74, 6) is 0. The number of nitro benzene ring substituents is 1. The summed E-state index contributed by atoms with van der Waals surface area (Å²) < 4.78 is 0. The molecule has 17 heavy (non-hydrogen) atoms. The molecule has 4 nitrogen and oxygen atoms in total. The summed E-state index contributed by atoms with van der Waals surface area (Å²) in [7, 11) is 0. The predicted molar refractivity (Wildman–Crippen MR) is 66.9 cm³/mol. The fourth-order valence-corrected chi connectivity index (χ4v) is 1.85. The number of rotatable bonds is 7. The van der Waals surface area contributed by atoms with Gasteiger partial charge >= 0.3 is 0 Å². The van der Waals surface area contributed by atoms with Crippen molar-refractivity contribution in [1.29, 1.82) is 0 Å². The third kappa shape index (κ3) is 4.53. The number of benzene rings is 1. The summed E-state index contributed by atoms with van der Waals surface area (Å²) in [6.07, 6.45) is 3.76. The third-order valence-corrected chi connectivity index (χ3v) is 2.78. The minimum Gasteiger partial charge on any atom is -0.393 e. The van der Waals surface area contributed by atoms with Crippen LogP contribution in [0.15, 0.2) is 24.3 Å². The summed E-state index contributed by atoms with van der Waals surface area (Å²) in [5.41, 5.74) is 0.712. The molecule has 94 valence electrons. The van der Waals surface area contributed by atoms with Gasteiger partial charge in [0.25, 0.3) is 5.69 Å². The highest BCUT2D eigenvalue weighted by Gasteiger charge is 2.15. The number of nitro groups is 1. The number of nitrogens with zero attached hydrogens (tertiary/aromatic N) is 1. The topological polar surface area (TPSA) is 63.4 Å². The molecule has 0 bridgehead atoms. The van der Waals surface area contributed by atoms with Crippen molar-refractivity contribution < 1.29 is 10.0 Å². The van der Waals surface area contributed by atoms with Gasteiger partial charge in [0.1, 0.15) is 0 Å². The third-order valence-electron chi connectivity index (χ3n) is 2.78. The van der Waals surface area contributed by atoms with Crippen molar-refractivity contribution >= 4 is 5.69 Å². The predicted octanol–water partition coefficient (Wildman–Crippen LogP) is 3.08. The lowest BCUT2D eigenvalue weighted by atomic mass is 10.0. The summed E-state index contributed by atoms with van der Waals surface area (Å²) in [5, 5.41) is 20.6. The molecule has 0 aliphatic rings. The van der Waals surface area contributed by atoms with Crippen molar-refractivity contribution in [3.05, 3.63) is 39.9 Å². The van der Waals surface area contributed by atoms with Gasteiger partial charge in [0, 0.05) is 18.1 Å². The van der Waals surface area contributed by atoms with Crippen LogP contribution in [0.5, 0.6) is 0 Å². The average molecular weight is 237 g/mol. The molecule has 0 aromatic heterocycles. The Kier molecular flexibility index (Phi) is 5.63. The lowest BCUT2D eigenvalue weighted by molar-refractivity contribution is -0.385. The van der Waals surface area contributed by atoms with E-state index in [-0.39, 0.29) is 5.69 Å². The summed E-state index contributed by atoms with van der Waals surface area (Å²) in [4.78, 5) is 10.4. The highest BCUT2D eigenvalue weighted by Crippen LogP contribution is 2.20. The van der Waals surface area contributed by atoms with E-state index in [0.717, 1.165) is 19.3 Å². The first kappa shape index (κ1) is 13.6. The zero-order chi connectivity index (χ0) is 12.7. The molecule has 0 radical (unpaired) electrons. The largest absolute Gasteiger partial charge is 0.393 e. The lowest BCUT2D eigenvalue weighted by Gasteiger charge is -2.10. The van der Waals surface area contributed by atoms with E-state index < -0.39 is 11.0 Å². The van der Waals surface area contributed by atoms with E-state index in [1.54, 1.807) is 18.2 Å². The number of aliphatic hydroxyl groups excluding tert-OH is 1. The van der Waals surface area contributed by atoms with E-state index in [2.05, 4.69) is 6.92 Å². The summed E-state index contributed by atoms with van der Waals surface area (Å²) in [6, 6.07) is 6.60. The summed E-state index contributed by atoms with van der Waals surface area (Å²) >= 11 is 0. The molecular weight excluding hydrogens is 218 g/mol. The minimum atomic E-state index is -0.484. The number of hydrogen-bond acceptors (Lipinski definition) is 3. The summed E-state index contributed by atoms with van der Waals surface area (Å²) in [6.45, 7) is 2.11. The van der Waals surface area contributed by atoms with E-state index in [9.17, 15) is 15.2 Å². The van der Waals surface area contributed by atoms with Crippen LogP contribution in [-0.2, 0) is 6.42 Å². The van der Waals surface area contributed by atoms with Crippen molar-refractivity contribution in [2.45, 2.75) is 45.1 Å². The highest BCUT2D eigenvalue weighted by atomic mass is 16.6. The SMILES string of the molecule is CCCCCC(O)Cc1ccccc1[N+](=O)[O-]. The fourth-order valence-electron chi connectivity index (χ4n) is 1.85. The molecule has 1 N–H and O–H groups in total. The number of para-hydroxylation sites is 1. The maximum Gasteiger partial charge on any atom is 0.272 e.